The number of hydrogen-bond acceptors (Lipinski definition) is 2. The van der Waals surface area contributed by atoms with E-state index < -0.39 is 0 Å². The van der Waals surface area contributed by atoms with Crippen molar-refractivity contribution in [2.24, 2.45) is 0 Å². The summed E-state index contributed by atoms with van der Waals surface area (Å²) in [5.74, 6) is 0.774. The van der Waals surface area contributed by atoms with E-state index in [2.05, 4.69) is 22.6 Å². The van der Waals surface area contributed by atoms with Gasteiger partial charge < -0.3 is 9.84 Å². The quantitative estimate of drug-likeness (QED) is 0.653. The molecule has 0 heterocycles. The van der Waals surface area contributed by atoms with Crippen molar-refractivity contribution in [2.75, 3.05) is 6.79 Å². The lowest BCUT2D eigenvalue weighted by atomic mass is 10.2. The van der Waals surface area contributed by atoms with Gasteiger partial charge in [0.15, 0.2) is 6.79 Å². The number of hydrogen-bond donors (Lipinski definition) is 1. The van der Waals surface area contributed by atoms with Crippen molar-refractivity contribution in [1.82, 2.24) is 0 Å². The van der Waals surface area contributed by atoms with Gasteiger partial charge in [-0.15, -0.1) is 0 Å². The molecule has 1 rings (SSSR count). The van der Waals surface area contributed by atoms with E-state index in [0.29, 0.717) is 0 Å². The van der Waals surface area contributed by atoms with Crippen LogP contribution in [0.1, 0.15) is 5.56 Å². The highest BCUT2D eigenvalue weighted by Gasteiger charge is 2.01. The predicted molar refractivity (Wildman–Crippen MR) is 51.6 cm³/mol. The molecule has 2 nitrogen and oxygen atoms in total. The average Bonchev–Trinajstić information content (AvgIpc) is 1.97. The van der Waals surface area contributed by atoms with Crippen molar-refractivity contribution < 1.29 is 9.84 Å². The summed E-state index contributed by atoms with van der Waals surface area (Å²) in [4.78, 5) is 0. The Morgan fingerprint density at radius 1 is 1.55 bits per heavy atom. The minimum absolute atomic E-state index is 0.263. The van der Waals surface area contributed by atoms with Gasteiger partial charge in [-0.1, -0.05) is 12.1 Å². The first-order chi connectivity index (χ1) is 5.25. The molecule has 1 aromatic carbocycles. The molecule has 0 saturated carbocycles. The maximum absolute atomic E-state index is 8.54. The summed E-state index contributed by atoms with van der Waals surface area (Å²) >= 11 is 2.17. The van der Waals surface area contributed by atoms with Gasteiger partial charge in [0.2, 0.25) is 0 Å². The Labute approximate surface area is 79.3 Å². The molecule has 1 N–H and O–H groups in total. The van der Waals surface area contributed by atoms with E-state index in [4.69, 9.17) is 9.84 Å². The number of rotatable bonds is 2. The van der Waals surface area contributed by atoms with Gasteiger partial charge in [0, 0.05) is 0 Å². The maximum Gasteiger partial charge on any atom is 0.186 e. The number of halogens is 1. The Kier molecular flexibility index (Phi) is 3.14. The highest BCUT2D eigenvalue weighted by atomic mass is 127. The third-order valence-corrected chi connectivity index (χ3v) is 2.22. The van der Waals surface area contributed by atoms with Crippen LogP contribution < -0.4 is 4.74 Å². The van der Waals surface area contributed by atoms with Crippen LogP contribution in [0.4, 0.5) is 0 Å². The maximum atomic E-state index is 8.54. The highest BCUT2D eigenvalue weighted by molar-refractivity contribution is 14.1. The summed E-state index contributed by atoms with van der Waals surface area (Å²) in [7, 11) is 0. The van der Waals surface area contributed by atoms with Crippen LogP contribution in [0, 0.1) is 10.5 Å². The molecular formula is C8H9IO2. The molecule has 0 aliphatic rings. The lowest BCUT2D eigenvalue weighted by Crippen LogP contribution is -1.98. The van der Waals surface area contributed by atoms with Crippen LogP contribution >= 0.6 is 22.6 Å². The molecule has 60 valence electrons. The molecule has 11 heavy (non-hydrogen) atoms. The van der Waals surface area contributed by atoms with Gasteiger partial charge in [-0.2, -0.15) is 0 Å². The molecule has 0 bridgehead atoms. The normalized spacial score (nSPS) is 9.73. The van der Waals surface area contributed by atoms with Gasteiger partial charge in [-0.05, 0) is 41.1 Å². The topological polar surface area (TPSA) is 29.5 Å². The van der Waals surface area contributed by atoms with E-state index in [1.807, 2.05) is 25.1 Å². The second kappa shape index (κ2) is 3.92. The summed E-state index contributed by atoms with van der Waals surface area (Å²) in [6.45, 7) is 1.69. The van der Waals surface area contributed by atoms with Crippen LogP contribution in [-0.2, 0) is 0 Å². The van der Waals surface area contributed by atoms with Crippen molar-refractivity contribution in [1.29, 1.82) is 0 Å². The van der Waals surface area contributed by atoms with Crippen molar-refractivity contribution >= 4 is 22.6 Å². The SMILES string of the molecule is Cc1cccc(I)c1OCO. The van der Waals surface area contributed by atoms with Crippen molar-refractivity contribution in [3.05, 3.63) is 27.3 Å². The van der Waals surface area contributed by atoms with Crippen LogP contribution in [0.15, 0.2) is 18.2 Å². The molecule has 0 aliphatic heterocycles. The molecule has 0 radical (unpaired) electrons. The minimum Gasteiger partial charge on any atom is -0.466 e. The summed E-state index contributed by atoms with van der Waals surface area (Å²) < 4.78 is 6.04. The fourth-order valence-electron chi connectivity index (χ4n) is 0.864. The van der Waals surface area contributed by atoms with Crippen LogP contribution in [-0.4, -0.2) is 11.9 Å². The van der Waals surface area contributed by atoms with E-state index in [-0.39, 0.29) is 6.79 Å². The molecule has 0 aromatic heterocycles. The zero-order valence-electron chi connectivity index (χ0n) is 6.17. The number of ether oxygens (including phenoxy) is 1. The van der Waals surface area contributed by atoms with Crippen LogP contribution in [0.25, 0.3) is 0 Å². The number of benzene rings is 1. The molecule has 0 amide bonds. The van der Waals surface area contributed by atoms with E-state index in [9.17, 15) is 0 Å². The molecule has 3 heteroatoms. The van der Waals surface area contributed by atoms with E-state index >= 15 is 0 Å². The Bertz CT molecular complexity index is 228. The lowest BCUT2D eigenvalue weighted by molar-refractivity contribution is 0.0970. The Balaban J connectivity index is 3.00. The predicted octanol–water partition coefficient (Wildman–Crippen LogP) is 1.93. The van der Waals surface area contributed by atoms with E-state index in [1.54, 1.807) is 0 Å². The first-order valence-electron chi connectivity index (χ1n) is 3.24. The van der Waals surface area contributed by atoms with Gasteiger partial charge in [0.25, 0.3) is 0 Å². The number of aryl methyl sites for hydroxylation is 1. The van der Waals surface area contributed by atoms with Crippen LogP contribution in [0.3, 0.4) is 0 Å². The second-order valence-corrected chi connectivity index (χ2v) is 3.32. The third kappa shape index (κ3) is 2.07. The standard InChI is InChI=1S/C8H9IO2/c1-6-3-2-4-7(9)8(6)11-5-10/h2-4,10H,5H2,1H3. The van der Waals surface area contributed by atoms with Gasteiger partial charge in [-0.3, -0.25) is 0 Å². The average molecular weight is 264 g/mol. The van der Waals surface area contributed by atoms with Crippen molar-refractivity contribution in [2.45, 2.75) is 6.92 Å². The fourth-order valence-corrected chi connectivity index (χ4v) is 1.65. The Morgan fingerprint density at radius 2 is 2.27 bits per heavy atom. The number of aliphatic hydroxyl groups excluding tert-OH is 1. The third-order valence-electron chi connectivity index (χ3n) is 1.37. The summed E-state index contributed by atoms with van der Waals surface area (Å²) in [6.07, 6.45) is 0. The Hall–Kier alpha value is -0.290. The largest absolute Gasteiger partial charge is 0.466 e. The number of para-hydroxylation sites is 1. The summed E-state index contributed by atoms with van der Waals surface area (Å²) in [5.41, 5.74) is 1.05. The van der Waals surface area contributed by atoms with Crippen molar-refractivity contribution in [3.63, 3.8) is 0 Å². The summed E-state index contributed by atoms with van der Waals surface area (Å²) in [6, 6.07) is 5.85. The van der Waals surface area contributed by atoms with E-state index in [0.717, 1.165) is 14.9 Å². The minimum atomic E-state index is -0.263. The molecule has 0 saturated heterocycles. The van der Waals surface area contributed by atoms with Crippen molar-refractivity contribution in [3.8, 4) is 5.75 Å². The first kappa shape index (κ1) is 8.80. The molecule has 0 fully saturated rings. The molecule has 0 aliphatic carbocycles. The molecule has 0 atom stereocenters. The second-order valence-electron chi connectivity index (χ2n) is 2.16. The molecule has 1 aromatic rings. The van der Waals surface area contributed by atoms with Crippen LogP contribution in [0.2, 0.25) is 0 Å². The smallest absolute Gasteiger partial charge is 0.186 e. The van der Waals surface area contributed by atoms with Gasteiger partial charge >= 0.3 is 0 Å². The highest BCUT2D eigenvalue weighted by Crippen LogP contribution is 2.24. The van der Waals surface area contributed by atoms with E-state index in [1.165, 1.54) is 0 Å². The summed E-state index contributed by atoms with van der Waals surface area (Å²) in [5, 5.41) is 8.54. The molecule has 0 unspecified atom stereocenters. The zero-order chi connectivity index (χ0) is 8.27. The van der Waals surface area contributed by atoms with Gasteiger partial charge in [-0.25, -0.2) is 0 Å². The molecular weight excluding hydrogens is 255 g/mol. The van der Waals surface area contributed by atoms with Crippen LogP contribution in [0.5, 0.6) is 5.75 Å². The molecule has 0 spiro atoms. The fraction of sp³-hybridized carbons (Fsp3) is 0.250. The zero-order valence-corrected chi connectivity index (χ0v) is 8.33. The Morgan fingerprint density at radius 3 is 2.82 bits per heavy atom. The van der Waals surface area contributed by atoms with Gasteiger partial charge in [0.1, 0.15) is 5.75 Å². The first-order valence-corrected chi connectivity index (χ1v) is 4.32. The number of aliphatic hydroxyl groups is 1. The monoisotopic (exact) mass is 264 g/mol. The lowest BCUT2D eigenvalue weighted by Gasteiger charge is -2.07. The van der Waals surface area contributed by atoms with Gasteiger partial charge in [0.05, 0.1) is 3.57 Å².